The van der Waals surface area contributed by atoms with Crippen molar-refractivity contribution in [3.05, 3.63) is 48.3 Å². The quantitative estimate of drug-likeness (QED) is 0.876. The van der Waals surface area contributed by atoms with Gasteiger partial charge in [0, 0.05) is 6.07 Å². The second kappa shape index (κ2) is 6.87. The highest BCUT2D eigenvalue weighted by Crippen LogP contribution is 2.28. The molecule has 0 saturated carbocycles. The van der Waals surface area contributed by atoms with E-state index in [2.05, 4.69) is 4.72 Å². The molecule has 0 amide bonds. The van der Waals surface area contributed by atoms with Gasteiger partial charge >= 0.3 is 0 Å². The Labute approximate surface area is 135 Å². The van der Waals surface area contributed by atoms with E-state index >= 15 is 0 Å². The van der Waals surface area contributed by atoms with E-state index in [0.717, 1.165) is 6.07 Å². The molecule has 0 heterocycles. The standard InChI is InChI=1S/C16H18FNO4S/c1-11(2)22-13-5-7-14(8-6-13)23(19,20)18-15-10-12(17)4-9-16(15)21-3/h4-11,18H,1-3H3. The number of sulfonamides is 1. The molecule has 0 saturated heterocycles. The molecule has 2 rings (SSSR count). The molecule has 2 aromatic carbocycles. The molecule has 0 aliphatic rings. The summed E-state index contributed by atoms with van der Waals surface area (Å²) in [6.45, 7) is 3.75. The summed E-state index contributed by atoms with van der Waals surface area (Å²) in [7, 11) is -2.48. The Balaban J connectivity index is 2.27. The lowest BCUT2D eigenvalue weighted by Gasteiger charge is -2.13. The molecule has 2 aromatic rings. The van der Waals surface area contributed by atoms with Gasteiger partial charge in [-0.15, -0.1) is 0 Å². The summed E-state index contributed by atoms with van der Waals surface area (Å²) in [5.74, 6) is 0.237. The molecule has 5 nitrogen and oxygen atoms in total. The predicted octanol–water partition coefficient (Wildman–Crippen LogP) is 3.42. The molecule has 0 fully saturated rings. The Morgan fingerprint density at radius 2 is 1.74 bits per heavy atom. The Morgan fingerprint density at radius 1 is 1.09 bits per heavy atom. The Kier molecular flexibility index (Phi) is 5.10. The van der Waals surface area contributed by atoms with Crippen molar-refractivity contribution in [1.29, 1.82) is 0 Å². The zero-order chi connectivity index (χ0) is 17.0. The fourth-order valence-electron chi connectivity index (χ4n) is 1.93. The Hall–Kier alpha value is -2.28. The summed E-state index contributed by atoms with van der Waals surface area (Å²) in [4.78, 5) is 0.0416. The summed E-state index contributed by atoms with van der Waals surface area (Å²) in [6, 6.07) is 9.58. The SMILES string of the molecule is COc1ccc(F)cc1NS(=O)(=O)c1ccc(OC(C)C)cc1. The van der Waals surface area contributed by atoms with Crippen LogP contribution in [0.4, 0.5) is 10.1 Å². The molecule has 23 heavy (non-hydrogen) atoms. The number of ether oxygens (including phenoxy) is 2. The maximum atomic E-state index is 13.3. The van der Waals surface area contributed by atoms with Crippen molar-refractivity contribution in [2.24, 2.45) is 0 Å². The summed E-state index contributed by atoms with van der Waals surface area (Å²) < 4.78 is 50.9. The van der Waals surface area contributed by atoms with Crippen molar-refractivity contribution >= 4 is 15.7 Å². The summed E-state index contributed by atoms with van der Waals surface area (Å²) >= 11 is 0. The van der Waals surface area contributed by atoms with Gasteiger partial charge in [0.2, 0.25) is 0 Å². The van der Waals surface area contributed by atoms with E-state index < -0.39 is 15.8 Å². The third kappa shape index (κ3) is 4.35. The van der Waals surface area contributed by atoms with Crippen LogP contribution in [0.15, 0.2) is 47.4 Å². The maximum Gasteiger partial charge on any atom is 0.262 e. The summed E-state index contributed by atoms with van der Waals surface area (Å²) in [5, 5.41) is 0. The minimum atomic E-state index is -3.86. The van der Waals surface area contributed by atoms with Crippen molar-refractivity contribution in [3.63, 3.8) is 0 Å². The minimum absolute atomic E-state index is 0.00728. The van der Waals surface area contributed by atoms with E-state index in [-0.39, 0.29) is 22.4 Å². The lowest BCUT2D eigenvalue weighted by Crippen LogP contribution is -2.14. The first kappa shape index (κ1) is 17.1. The van der Waals surface area contributed by atoms with Crippen LogP contribution < -0.4 is 14.2 Å². The van der Waals surface area contributed by atoms with Crippen LogP contribution in [0.25, 0.3) is 0 Å². The maximum absolute atomic E-state index is 13.3. The monoisotopic (exact) mass is 339 g/mol. The number of hydrogen-bond donors (Lipinski definition) is 1. The summed E-state index contributed by atoms with van der Waals surface area (Å²) in [5.41, 5.74) is 0.0370. The molecule has 0 atom stereocenters. The molecule has 124 valence electrons. The van der Waals surface area contributed by atoms with Gasteiger partial charge in [-0.1, -0.05) is 0 Å². The number of anilines is 1. The van der Waals surface area contributed by atoms with Crippen LogP contribution in [0.3, 0.4) is 0 Å². The van der Waals surface area contributed by atoms with Crippen molar-refractivity contribution in [2.45, 2.75) is 24.8 Å². The highest BCUT2D eigenvalue weighted by atomic mass is 32.2. The molecule has 0 unspecified atom stereocenters. The normalized spacial score (nSPS) is 11.3. The molecule has 0 aromatic heterocycles. The van der Waals surface area contributed by atoms with Crippen LogP contribution >= 0.6 is 0 Å². The van der Waals surface area contributed by atoms with Gasteiger partial charge in [-0.05, 0) is 50.2 Å². The molecule has 0 radical (unpaired) electrons. The molecule has 0 aliphatic heterocycles. The molecule has 0 spiro atoms. The van der Waals surface area contributed by atoms with Crippen molar-refractivity contribution in [2.75, 3.05) is 11.8 Å². The average Bonchev–Trinajstić information content (AvgIpc) is 2.47. The van der Waals surface area contributed by atoms with Gasteiger partial charge in [0.15, 0.2) is 0 Å². The molecule has 0 bridgehead atoms. The van der Waals surface area contributed by atoms with Gasteiger partial charge in [0.25, 0.3) is 10.0 Å². The Morgan fingerprint density at radius 3 is 2.30 bits per heavy atom. The second-order valence-electron chi connectivity index (χ2n) is 5.09. The van der Waals surface area contributed by atoms with Crippen LogP contribution in [-0.4, -0.2) is 21.6 Å². The number of benzene rings is 2. The predicted molar refractivity (Wildman–Crippen MR) is 86.0 cm³/mol. The van der Waals surface area contributed by atoms with E-state index in [1.165, 1.54) is 31.4 Å². The van der Waals surface area contributed by atoms with Crippen molar-refractivity contribution in [1.82, 2.24) is 0 Å². The number of nitrogens with one attached hydrogen (secondary N) is 1. The van der Waals surface area contributed by atoms with Crippen molar-refractivity contribution < 1.29 is 22.3 Å². The third-order valence-corrected chi connectivity index (χ3v) is 4.29. The van der Waals surface area contributed by atoms with Crippen LogP contribution in [0.1, 0.15) is 13.8 Å². The minimum Gasteiger partial charge on any atom is -0.495 e. The van der Waals surface area contributed by atoms with Crippen LogP contribution in [0, 0.1) is 5.82 Å². The fourth-order valence-corrected chi connectivity index (χ4v) is 2.99. The lowest BCUT2D eigenvalue weighted by atomic mass is 10.3. The van der Waals surface area contributed by atoms with Crippen LogP contribution in [0.5, 0.6) is 11.5 Å². The van der Waals surface area contributed by atoms with Crippen LogP contribution in [-0.2, 0) is 10.0 Å². The highest BCUT2D eigenvalue weighted by Gasteiger charge is 2.17. The number of hydrogen-bond acceptors (Lipinski definition) is 4. The zero-order valence-electron chi connectivity index (χ0n) is 13.0. The van der Waals surface area contributed by atoms with Gasteiger partial charge in [-0.2, -0.15) is 0 Å². The van der Waals surface area contributed by atoms with E-state index in [4.69, 9.17) is 9.47 Å². The van der Waals surface area contributed by atoms with E-state index in [1.807, 2.05) is 13.8 Å². The van der Waals surface area contributed by atoms with Crippen molar-refractivity contribution in [3.8, 4) is 11.5 Å². The van der Waals surface area contributed by atoms with Gasteiger partial charge in [-0.25, -0.2) is 12.8 Å². The average molecular weight is 339 g/mol. The van der Waals surface area contributed by atoms with Gasteiger partial charge in [0.1, 0.15) is 17.3 Å². The molecule has 7 heteroatoms. The number of methoxy groups -OCH3 is 1. The second-order valence-corrected chi connectivity index (χ2v) is 6.77. The first-order valence-corrected chi connectivity index (χ1v) is 8.43. The topological polar surface area (TPSA) is 64.6 Å². The first-order valence-electron chi connectivity index (χ1n) is 6.95. The van der Waals surface area contributed by atoms with Gasteiger partial charge in [0.05, 0.1) is 23.8 Å². The zero-order valence-corrected chi connectivity index (χ0v) is 13.9. The van der Waals surface area contributed by atoms with Gasteiger partial charge in [-0.3, -0.25) is 4.72 Å². The van der Waals surface area contributed by atoms with E-state index in [9.17, 15) is 12.8 Å². The molecular formula is C16H18FNO4S. The lowest BCUT2D eigenvalue weighted by molar-refractivity contribution is 0.242. The van der Waals surface area contributed by atoms with Crippen LogP contribution in [0.2, 0.25) is 0 Å². The van der Waals surface area contributed by atoms with E-state index in [1.54, 1.807) is 12.1 Å². The number of halogens is 1. The smallest absolute Gasteiger partial charge is 0.262 e. The third-order valence-electron chi connectivity index (χ3n) is 2.91. The first-order chi connectivity index (χ1) is 10.8. The Bertz CT molecular complexity index is 773. The molecule has 1 N–H and O–H groups in total. The van der Waals surface area contributed by atoms with Gasteiger partial charge < -0.3 is 9.47 Å². The molecular weight excluding hydrogens is 321 g/mol. The van der Waals surface area contributed by atoms with E-state index in [0.29, 0.717) is 5.75 Å². The number of rotatable bonds is 6. The fraction of sp³-hybridized carbons (Fsp3) is 0.250. The summed E-state index contributed by atoms with van der Waals surface area (Å²) in [6.07, 6.45) is -0.00728. The molecule has 0 aliphatic carbocycles. The highest BCUT2D eigenvalue weighted by molar-refractivity contribution is 7.92. The largest absolute Gasteiger partial charge is 0.495 e.